The molecule has 2 aromatic carbocycles. The van der Waals surface area contributed by atoms with Crippen LogP contribution >= 0.6 is 0 Å². The van der Waals surface area contributed by atoms with E-state index in [2.05, 4.69) is 14.9 Å². The van der Waals surface area contributed by atoms with Gasteiger partial charge in [0.1, 0.15) is 47.3 Å². The summed E-state index contributed by atoms with van der Waals surface area (Å²) in [6, 6.07) is 11.9. The second-order valence-corrected chi connectivity index (χ2v) is 13.1. The zero-order valence-corrected chi connectivity index (χ0v) is 27.3. The maximum Gasteiger partial charge on any atom is 0.319 e. The molecular formula is C37H36F3N7O2. The Morgan fingerprint density at radius 3 is 2.78 bits per heavy atom. The maximum absolute atomic E-state index is 17.2. The normalized spacial score (nSPS) is 20.5. The molecule has 0 saturated carbocycles. The van der Waals surface area contributed by atoms with Crippen LogP contribution in [0.3, 0.4) is 0 Å². The topological polar surface area (TPSA) is 103 Å². The van der Waals surface area contributed by atoms with Crippen LogP contribution in [0.15, 0.2) is 60.6 Å². The van der Waals surface area contributed by atoms with Crippen molar-refractivity contribution in [2.75, 3.05) is 43.5 Å². The van der Waals surface area contributed by atoms with Gasteiger partial charge in [0, 0.05) is 23.9 Å². The van der Waals surface area contributed by atoms with Gasteiger partial charge in [-0.2, -0.15) is 9.97 Å². The van der Waals surface area contributed by atoms with E-state index < -0.39 is 5.82 Å². The maximum atomic E-state index is 17.2. The molecule has 12 heteroatoms. The fourth-order valence-electron chi connectivity index (χ4n) is 7.96. The Balaban J connectivity index is 1.32. The molecule has 0 bridgehead atoms. The van der Waals surface area contributed by atoms with Gasteiger partial charge in [-0.1, -0.05) is 37.3 Å². The minimum atomic E-state index is -0.700. The van der Waals surface area contributed by atoms with Crippen LogP contribution in [0.2, 0.25) is 0 Å². The summed E-state index contributed by atoms with van der Waals surface area (Å²) in [6.07, 6.45) is 5.09. The Hall–Kier alpha value is -4.97. The number of hydrogen-bond donors (Lipinski definition) is 1. The third-order valence-corrected chi connectivity index (χ3v) is 10.4. The third kappa shape index (κ3) is 5.11. The molecule has 5 aromatic rings. The summed E-state index contributed by atoms with van der Waals surface area (Å²) in [4.78, 5) is 22.8. The molecule has 1 unspecified atom stereocenters. The summed E-state index contributed by atoms with van der Waals surface area (Å²) >= 11 is 0. The predicted octanol–water partition coefficient (Wildman–Crippen LogP) is 7.09. The highest BCUT2D eigenvalue weighted by Crippen LogP contribution is 2.45. The van der Waals surface area contributed by atoms with Crippen LogP contribution in [-0.2, 0) is 6.42 Å². The number of aryl methyl sites for hydroxylation is 1. The molecular weight excluding hydrogens is 631 g/mol. The van der Waals surface area contributed by atoms with E-state index in [9.17, 15) is 4.39 Å². The van der Waals surface area contributed by atoms with Crippen LogP contribution in [0, 0.1) is 11.6 Å². The fraction of sp³-hybridized carbons (Fsp3) is 0.351. The van der Waals surface area contributed by atoms with Gasteiger partial charge in [0.25, 0.3) is 0 Å². The van der Waals surface area contributed by atoms with E-state index in [-0.39, 0.29) is 53.7 Å². The number of halogens is 3. The second kappa shape index (κ2) is 12.2. The minimum Gasteiger partial charge on any atom is -0.475 e. The lowest BCUT2D eigenvalue weighted by Crippen LogP contribution is -2.43. The van der Waals surface area contributed by atoms with E-state index in [4.69, 9.17) is 25.2 Å². The quantitative estimate of drug-likeness (QED) is 0.195. The molecule has 3 aromatic heterocycles. The molecule has 49 heavy (non-hydrogen) atoms. The molecule has 9 nitrogen and oxygen atoms in total. The number of hydrogen-bond acceptors (Lipinski definition) is 9. The van der Waals surface area contributed by atoms with Crippen molar-refractivity contribution in [1.29, 1.82) is 0 Å². The van der Waals surface area contributed by atoms with E-state index in [1.807, 2.05) is 36.9 Å². The summed E-state index contributed by atoms with van der Waals surface area (Å²) in [5.74, 6) is -0.140. The number of aromatic nitrogens is 4. The van der Waals surface area contributed by atoms with Crippen molar-refractivity contribution in [3.63, 3.8) is 0 Å². The summed E-state index contributed by atoms with van der Waals surface area (Å²) in [6.45, 7) is 6.04. The van der Waals surface area contributed by atoms with Crippen LogP contribution in [0.25, 0.3) is 32.9 Å². The summed E-state index contributed by atoms with van der Waals surface area (Å²) in [5.41, 5.74) is 8.29. The smallest absolute Gasteiger partial charge is 0.319 e. The summed E-state index contributed by atoms with van der Waals surface area (Å²) in [5, 5.41) is 1.65. The van der Waals surface area contributed by atoms with Gasteiger partial charge in [0.05, 0.1) is 24.5 Å². The largest absolute Gasteiger partial charge is 0.475 e. The number of nitrogens with zero attached hydrogens (tertiary/aromatic N) is 6. The highest BCUT2D eigenvalue weighted by atomic mass is 19.1. The Morgan fingerprint density at radius 2 is 1.96 bits per heavy atom. The number of rotatable bonds is 7. The SMILES string of the molecule is CCc1c(F)ccc2cccc(-c3nc4c5c(nc(OCC67CCCN6CC(=CF)C7)nc5c3F)N([C@H](C)c3cccnc3N)CCO4)c12. The van der Waals surface area contributed by atoms with Crippen LogP contribution < -0.4 is 20.1 Å². The van der Waals surface area contributed by atoms with Crippen LogP contribution in [-0.4, -0.2) is 63.2 Å². The number of nitrogen functional groups attached to an aromatic ring is 1. The Bertz CT molecular complexity index is 2140. The monoisotopic (exact) mass is 667 g/mol. The number of benzene rings is 2. The number of anilines is 2. The van der Waals surface area contributed by atoms with Gasteiger partial charge in [-0.3, -0.25) is 4.90 Å². The van der Waals surface area contributed by atoms with Gasteiger partial charge in [-0.15, -0.1) is 0 Å². The molecule has 0 spiro atoms. The van der Waals surface area contributed by atoms with Crippen molar-refractivity contribution in [3.05, 3.63) is 83.3 Å². The average Bonchev–Trinajstić information content (AvgIpc) is 3.61. The number of fused-ring (bicyclic) bond motifs is 2. The number of ether oxygens (including phenoxy) is 2. The molecule has 2 N–H and O–H groups in total. The zero-order valence-electron chi connectivity index (χ0n) is 27.3. The highest BCUT2D eigenvalue weighted by molar-refractivity contribution is 6.02. The average molecular weight is 668 g/mol. The molecule has 3 aliphatic rings. The van der Waals surface area contributed by atoms with Crippen molar-refractivity contribution in [2.24, 2.45) is 0 Å². The fourth-order valence-corrected chi connectivity index (χ4v) is 7.96. The lowest BCUT2D eigenvalue weighted by atomic mass is 9.94. The molecule has 0 radical (unpaired) electrons. The second-order valence-electron chi connectivity index (χ2n) is 13.1. The van der Waals surface area contributed by atoms with E-state index in [0.717, 1.165) is 35.9 Å². The van der Waals surface area contributed by atoms with E-state index in [1.54, 1.807) is 24.4 Å². The highest BCUT2D eigenvalue weighted by Gasteiger charge is 2.47. The molecule has 6 heterocycles. The Kier molecular flexibility index (Phi) is 7.78. The molecule has 0 amide bonds. The van der Waals surface area contributed by atoms with Gasteiger partial charge >= 0.3 is 6.01 Å². The van der Waals surface area contributed by atoms with Crippen LogP contribution in [0.5, 0.6) is 11.9 Å². The van der Waals surface area contributed by atoms with Gasteiger partial charge < -0.3 is 20.1 Å². The van der Waals surface area contributed by atoms with E-state index in [1.165, 1.54) is 6.07 Å². The summed E-state index contributed by atoms with van der Waals surface area (Å²) in [7, 11) is 0. The first kappa shape index (κ1) is 31.3. The van der Waals surface area contributed by atoms with Crippen molar-refractivity contribution < 1.29 is 22.6 Å². The zero-order chi connectivity index (χ0) is 33.9. The lowest BCUT2D eigenvalue weighted by molar-refractivity contribution is 0.108. The third-order valence-electron chi connectivity index (χ3n) is 10.4. The van der Waals surface area contributed by atoms with Crippen molar-refractivity contribution in [1.82, 2.24) is 24.8 Å². The summed E-state index contributed by atoms with van der Waals surface area (Å²) < 4.78 is 58.5. The molecule has 8 rings (SSSR count). The number of nitrogens with two attached hydrogens (primary N) is 1. The first-order valence-corrected chi connectivity index (χ1v) is 16.7. The van der Waals surface area contributed by atoms with Gasteiger partial charge in [-0.25, -0.2) is 23.1 Å². The molecule has 0 aliphatic carbocycles. The van der Waals surface area contributed by atoms with Crippen molar-refractivity contribution >= 4 is 33.3 Å². The molecule has 3 aliphatic heterocycles. The van der Waals surface area contributed by atoms with Crippen LogP contribution in [0.1, 0.15) is 50.3 Å². The van der Waals surface area contributed by atoms with E-state index >= 15 is 8.78 Å². The lowest BCUT2D eigenvalue weighted by Gasteiger charge is -2.32. The van der Waals surface area contributed by atoms with Gasteiger partial charge in [-0.05, 0) is 73.2 Å². The Labute approximate surface area is 281 Å². The Morgan fingerprint density at radius 1 is 1.08 bits per heavy atom. The molecule has 2 fully saturated rings. The molecule has 2 atom stereocenters. The van der Waals surface area contributed by atoms with Crippen molar-refractivity contribution in [2.45, 2.75) is 51.1 Å². The standard InChI is InChI=1S/C37H36F3N7O2/c1-3-24-27(39)11-10-23-7-4-8-26(28(23)24)31-30(40)32-29-34(45-36(44-32)49-20-37-12-6-14-46(37)19-22(17-37)18-38)47(15-16-48-35(29)43-31)21(2)25-9-5-13-42-33(25)41/h4-5,7-11,13,18,21H,3,6,12,14-17,19-20H2,1-2H3,(H2,41,42)/t21-,37?/m1/s1. The van der Waals surface area contributed by atoms with Crippen molar-refractivity contribution in [3.8, 4) is 23.1 Å². The predicted molar refractivity (Wildman–Crippen MR) is 182 cm³/mol. The van der Waals surface area contributed by atoms with Gasteiger partial charge in [0.2, 0.25) is 5.88 Å². The molecule has 2 saturated heterocycles. The van der Waals surface area contributed by atoms with E-state index in [0.29, 0.717) is 65.8 Å². The number of pyridine rings is 2. The first-order valence-electron chi connectivity index (χ1n) is 16.7. The van der Waals surface area contributed by atoms with Crippen LogP contribution in [0.4, 0.5) is 24.8 Å². The molecule has 252 valence electrons. The minimum absolute atomic E-state index is 0.00363. The van der Waals surface area contributed by atoms with Gasteiger partial charge in [0.15, 0.2) is 5.82 Å². The first-order chi connectivity index (χ1) is 23.8.